The Bertz CT molecular complexity index is 226. The van der Waals surface area contributed by atoms with Gasteiger partial charge in [-0.2, -0.15) is 0 Å². The van der Waals surface area contributed by atoms with Gasteiger partial charge in [0.2, 0.25) is 0 Å². The maximum absolute atomic E-state index is 9.85. The molecular weight excluding hydrogens is 274 g/mol. The van der Waals surface area contributed by atoms with E-state index in [4.69, 9.17) is 0 Å². The van der Waals surface area contributed by atoms with E-state index in [1.807, 2.05) is 0 Å². The van der Waals surface area contributed by atoms with Crippen molar-refractivity contribution in [3.63, 3.8) is 0 Å². The Morgan fingerprint density at radius 3 is 1.00 bits per heavy atom. The van der Waals surface area contributed by atoms with E-state index in [2.05, 4.69) is -1.27 Å². The molecule has 1 saturated heterocycles. The first-order valence-electron chi connectivity index (χ1n) is 1.89. The molecule has 8 heavy (non-hydrogen) atoms. The Morgan fingerprint density at radius 2 is 1.00 bits per heavy atom. The minimum absolute atomic E-state index is 3.51. The predicted octanol–water partition coefficient (Wildman–Crippen LogP) is -0.617. The summed E-state index contributed by atoms with van der Waals surface area (Å²) in [5, 5.41) is 0. The van der Waals surface area contributed by atoms with E-state index in [0.29, 0.717) is 0 Å². The molecule has 0 aromatic rings. The van der Waals surface area contributed by atoms with Crippen molar-refractivity contribution in [3.8, 4) is 0 Å². The number of hydrogen-bond acceptors (Lipinski definition) is 6. The fraction of sp³-hybridized carbons (Fsp3) is 0. The summed E-state index contributed by atoms with van der Waals surface area (Å²) in [5.74, 6) is 0. The van der Waals surface area contributed by atoms with Crippen LogP contribution in [0.4, 0.5) is 0 Å². The molecule has 1 rings (SSSR count). The van der Waals surface area contributed by atoms with E-state index in [1.54, 1.807) is 0 Å². The Kier molecular flexibility index (Phi) is 1.77. The molecule has 0 aromatic heterocycles. The van der Waals surface area contributed by atoms with Gasteiger partial charge in [-0.05, 0) is 0 Å². The van der Waals surface area contributed by atoms with Gasteiger partial charge in [0, 0.05) is 0 Å². The zero-order chi connectivity index (χ0) is 6.41. The van der Waals surface area contributed by atoms with Crippen molar-refractivity contribution in [1.29, 1.82) is 0 Å². The first kappa shape index (κ1) is 7.43. The second kappa shape index (κ2) is 1.90. The molecule has 0 aliphatic carbocycles. The summed E-state index contributed by atoms with van der Waals surface area (Å²) in [7, 11) is 0. The molecule has 1 aliphatic rings. The van der Waals surface area contributed by atoms with Crippen molar-refractivity contribution >= 4 is 0 Å². The van der Waals surface area contributed by atoms with Gasteiger partial charge in [0.1, 0.15) is 0 Å². The Balaban J connectivity index is 3.00. The van der Waals surface area contributed by atoms with Crippen molar-refractivity contribution in [1.82, 2.24) is 0 Å². The van der Waals surface area contributed by atoms with Gasteiger partial charge in [-0.3, -0.25) is 0 Å². The van der Waals surface area contributed by atoms with E-state index in [0.717, 1.165) is 0 Å². The third kappa shape index (κ3) is 1.65. The zero-order valence-corrected chi connectivity index (χ0v) is 9.28. The Labute approximate surface area is 59.3 Å². The third-order valence-corrected chi connectivity index (χ3v) is 23.3. The van der Waals surface area contributed by atoms with Crippen molar-refractivity contribution in [3.05, 3.63) is 0 Å². The molecule has 42 valence electrons. The fourth-order valence-corrected chi connectivity index (χ4v) is 14.6. The number of rotatable bonds is 0. The summed E-state index contributed by atoms with van der Waals surface area (Å²) in [6.45, 7) is 0. The molecule has 0 bridgehead atoms. The van der Waals surface area contributed by atoms with Crippen LogP contribution in [-0.2, 0) is 60.6 Å². The first-order chi connectivity index (χ1) is 3.41. The van der Waals surface area contributed by atoms with Gasteiger partial charge in [-0.25, -0.2) is 0 Å². The molecule has 0 radical (unpaired) electrons. The van der Waals surface area contributed by atoms with Crippen LogP contribution in [0.2, 0.25) is 0 Å². The van der Waals surface area contributed by atoms with Crippen molar-refractivity contribution in [2.45, 2.75) is 0 Å². The van der Waals surface area contributed by atoms with Gasteiger partial charge in [-0.15, -0.1) is 0 Å². The van der Waals surface area contributed by atoms with Crippen LogP contribution in [0.1, 0.15) is 0 Å². The molecule has 0 N–H and O–H groups in total. The Hall–Kier alpha value is 1.33. The Morgan fingerprint density at radius 1 is 0.750 bits per heavy atom. The second-order valence-electron chi connectivity index (χ2n) is 1.43. The molecule has 0 atom stereocenters. The summed E-state index contributed by atoms with van der Waals surface area (Å²) in [5.41, 5.74) is 0. The third-order valence-electron chi connectivity index (χ3n) is 0.667. The summed E-state index contributed by atoms with van der Waals surface area (Å²) in [6, 6.07) is 0. The van der Waals surface area contributed by atoms with Crippen LogP contribution >= 0.6 is 0 Å². The van der Waals surface area contributed by atoms with Gasteiger partial charge in [0.15, 0.2) is 0 Å². The molecule has 6 nitrogen and oxygen atoms in total. The van der Waals surface area contributed by atoms with Gasteiger partial charge in [0.25, 0.3) is 0 Å². The SMILES string of the molecule is [O]=[Y]1(=[O])[O][Y](=[O])(=[O])[O]1. The fourth-order valence-electron chi connectivity index (χ4n) is 0.418. The van der Waals surface area contributed by atoms with E-state index < -0.39 is 53.6 Å². The molecule has 1 heterocycles. The van der Waals surface area contributed by atoms with E-state index in [1.165, 1.54) is 0 Å². The molecule has 1 aliphatic heterocycles. The minimum atomic E-state index is -5.34. The normalized spacial score (nSPS) is 23.0. The summed E-state index contributed by atoms with van der Waals surface area (Å²) < 4.78 is 46.4. The maximum atomic E-state index is 9.85. The van der Waals surface area contributed by atoms with Crippen LogP contribution in [0.25, 0.3) is 0 Å². The quantitative estimate of drug-likeness (QED) is 0.585. The molecule has 0 aromatic carbocycles. The summed E-state index contributed by atoms with van der Waals surface area (Å²) >= 11 is -10.7. The van der Waals surface area contributed by atoms with Crippen LogP contribution in [0.3, 0.4) is 0 Å². The van der Waals surface area contributed by atoms with Crippen LogP contribution in [-0.4, -0.2) is 0 Å². The van der Waals surface area contributed by atoms with Crippen LogP contribution < -0.4 is 0 Å². The molecule has 1 fully saturated rings. The topological polar surface area (TPSA) is 86.7 Å². The average Bonchev–Trinajstić information content (AvgIpc) is 1.20. The molecule has 0 amide bonds. The summed E-state index contributed by atoms with van der Waals surface area (Å²) in [4.78, 5) is 0. The van der Waals surface area contributed by atoms with Gasteiger partial charge < -0.3 is 0 Å². The molecule has 0 saturated carbocycles. The van der Waals surface area contributed by atoms with Crippen LogP contribution in [0.5, 0.6) is 0 Å². The predicted molar refractivity (Wildman–Crippen MR) is 4.92 cm³/mol. The van der Waals surface area contributed by atoms with Crippen molar-refractivity contribution < 1.29 is 60.6 Å². The van der Waals surface area contributed by atoms with E-state index in [9.17, 15) is 8.18 Å². The van der Waals surface area contributed by atoms with Gasteiger partial charge in [-0.1, -0.05) is 0 Å². The van der Waals surface area contributed by atoms with Gasteiger partial charge in [0.05, 0.1) is 0 Å². The van der Waals surface area contributed by atoms with Crippen LogP contribution in [0, 0.1) is 0 Å². The molecule has 0 unspecified atom stereocenters. The molecule has 0 spiro atoms. The molecule has 8 heteroatoms. The number of hydrogen-bond donors (Lipinski definition) is 0. The van der Waals surface area contributed by atoms with Gasteiger partial charge >= 0.3 is 60.6 Å². The van der Waals surface area contributed by atoms with E-state index >= 15 is 0 Å². The standard InChI is InChI=1S/6O.2Y. The van der Waals surface area contributed by atoms with Crippen molar-refractivity contribution in [2.24, 2.45) is 0 Å². The second-order valence-corrected chi connectivity index (χ2v) is 16.4. The monoisotopic (exact) mass is 274 g/mol. The molecular formula is O6Y2. The zero-order valence-electron chi connectivity index (χ0n) is 3.60. The average molecular weight is 274 g/mol. The van der Waals surface area contributed by atoms with Crippen LogP contribution in [0.15, 0.2) is 0 Å². The van der Waals surface area contributed by atoms with Crippen molar-refractivity contribution in [2.75, 3.05) is 0 Å². The first-order valence-corrected chi connectivity index (χ1v) is 11.2. The van der Waals surface area contributed by atoms with E-state index in [-0.39, 0.29) is 0 Å². The summed E-state index contributed by atoms with van der Waals surface area (Å²) in [6.07, 6.45) is 0.